The summed E-state index contributed by atoms with van der Waals surface area (Å²) in [6, 6.07) is 1.71. The molecule has 0 bridgehead atoms. The normalized spacial score (nSPS) is 9.90. The van der Waals surface area contributed by atoms with Gasteiger partial charge in [0.25, 0.3) is 0 Å². The number of hydrogen-bond acceptors (Lipinski definition) is 1. The minimum absolute atomic E-state index is 0.206. The van der Waals surface area contributed by atoms with E-state index in [1.165, 1.54) is 6.92 Å². The van der Waals surface area contributed by atoms with Crippen LogP contribution in [0.4, 0.5) is 8.78 Å². The fourth-order valence-corrected chi connectivity index (χ4v) is 0.695. The Bertz CT molecular complexity index is 235. The van der Waals surface area contributed by atoms with Gasteiger partial charge in [0.1, 0.15) is 5.82 Å². The SMILES string of the molecule is Cc1cc(F)cc(F)c1O. The van der Waals surface area contributed by atoms with E-state index < -0.39 is 17.4 Å². The van der Waals surface area contributed by atoms with Crippen LogP contribution in [0.3, 0.4) is 0 Å². The maximum Gasteiger partial charge on any atom is 0.167 e. The fourth-order valence-electron chi connectivity index (χ4n) is 0.695. The molecule has 0 saturated heterocycles. The van der Waals surface area contributed by atoms with Crippen molar-refractivity contribution in [2.24, 2.45) is 0 Å². The van der Waals surface area contributed by atoms with Gasteiger partial charge in [-0.1, -0.05) is 0 Å². The molecule has 1 aromatic rings. The lowest BCUT2D eigenvalue weighted by Crippen LogP contribution is -1.83. The molecule has 0 unspecified atom stereocenters. The Morgan fingerprint density at radius 1 is 1.30 bits per heavy atom. The Morgan fingerprint density at radius 3 is 2.40 bits per heavy atom. The first-order valence-electron chi connectivity index (χ1n) is 2.76. The van der Waals surface area contributed by atoms with E-state index in [2.05, 4.69) is 0 Å². The first-order valence-corrected chi connectivity index (χ1v) is 2.76. The molecule has 0 radical (unpaired) electrons. The second-order valence-electron chi connectivity index (χ2n) is 2.05. The summed E-state index contributed by atoms with van der Waals surface area (Å²) in [7, 11) is 0. The van der Waals surface area contributed by atoms with Gasteiger partial charge in [-0.05, 0) is 18.6 Å². The molecule has 1 nitrogen and oxygen atoms in total. The van der Waals surface area contributed by atoms with Gasteiger partial charge < -0.3 is 5.11 Å². The molecule has 10 heavy (non-hydrogen) atoms. The van der Waals surface area contributed by atoms with Crippen molar-refractivity contribution in [2.75, 3.05) is 0 Å². The van der Waals surface area contributed by atoms with Gasteiger partial charge in [0.2, 0.25) is 0 Å². The van der Waals surface area contributed by atoms with Crippen molar-refractivity contribution in [2.45, 2.75) is 6.92 Å². The van der Waals surface area contributed by atoms with Crippen LogP contribution >= 0.6 is 0 Å². The molecule has 1 N–H and O–H groups in total. The van der Waals surface area contributed by atoms with Crippen molar-refractivity contribution < 1.29 is 13.9 Å². The van der Waals surface area contributed by atoms with Crippen LogP contribution in [0.5, 0.6) is 5.75 Å². The number of halogens is 2. The lowest BCUT2D eigenvalue weighted by molar-refractivity contribution is 0.424. The average molecular weight is 144 g/mol. The molecule has 1 aromatic carbocycles. The standard InChI is InChI=1S/C7H6F2O/c1-4-2-5(8)3-6(9)7(4)10/h2-3,10H,1H3. The topological polar surface area (TPSA) is 20.2 Å². The minimum Gasteiger partial charge on any atom is -0.505 e. The van der Waals surface area contributed by atoms with Crippen LogP contribution in [0.2, 0.25) is 0 Å². The van der Waals surface area contributed by atoms with Crippen LogP contribution < -0.4 is 0 Å². The Labute approximate surface area is 56.9 Å². The van der Waals surface area contributed by atoms with E-state index in [4.69, 9.17) is 5.11 Å². The third-order valence-corrected chi connectivity index (χ3v) is 1.22. The quantitative estimate of drug-likeness (QED) is 0.590. The molecule has 54 valence electrons. The molecule has 0 aromatic heterocycles. The number of aryl methyl sites for hydroxylation is 1. The Kier molecular flexibility index (Phi) is 1.57. The van der Waals surface area contributed by atoms with Gasteiger partial charge in [-0.25, -0.2) is 8.78 Å². The zero-order chi connectivity index (χ0) is 7.72. The highest BCUT2D eigenvalue weighted by Crippen LogP contribution is 2.20. The van der Waals surface area contributed by atoms with Gasteiger partial charge in [-0.3, -0.25) is 0 Å². The summed E-state index contributed by atoms with van der Waals surface area (Å²) in [5.41, 5.74) is 0.206. The summed E-state index contributed by atoms with van der Waals surface area (Å²) in [5.74, 6) is -2.08. The van der Waals surface area contributed by atoms with E-state index in [9.17, 15) is 8.78 Å². The van der Waals surface area contributed by atoms with Gasteiger partial charge in [0.15, 0.2) is 11.6 Å². The molecule has 3 heteroatoms. The maximum atomic E-state index is 12.4. The first-order chi connectivity index (χ1) is 4.61. The van der Waals surface area contributed by atoms with Crippen LogP contribution in [-0.2, 0) is 0 Å². The number of phenols is 1. The third kappa shape index (κ3) is 1.07. The van der Waals surface area contributed by atoms with E-state index in [1.54, 1.807) is 0 Å². The first kappa shape index (κ1) is 6.99. The molecular weight excluding hydrogens is 138 g/mol. The molecule has 1 rings (SSSR count). The van der Waals surface area contributed by atoms with E-state index in [0.717, 1.165) is 6.07 Å². The molecule has 0 aliphatic heterocycles. The monoisotopic (exact) mass is 144 g/mol. The number of aromatic hydroxyl groups is 1. The fraction of sp³-hybridized carbons (Fsp3) is 0.143. The Hall–Kier alpha value is -1.12. The number of rotatable bonds is 0. The molecule has 0 amide bonds. The van der Waals surface area contributed by atoms with Gasteiger partial charge in [0, 0.05) is 6.07 Å². The molecule has 0 fully saturated rings. The summed E-state index contributed by atoms with van der Waals surface area (Å²) < 4.78 is 24.6. The van der Waals surface area contributed by atoms with E-state index in [0.29, 0.717) is 6.07 Å². The van der Waals surface area contributed by atoms with Crippen LogP contribution in [0, 0.1) is 18.6 Å². The highest BCUT2D eigenvalue weighted by Gasteiger charge is 2.04. The minimum atomic E-state index is -0.919. The second kappa shape index (κ2) is 2.25. The second-order valence-corrected chi connectivity index (χ2v) is 2.05. The van der Waals surface area contributed by atoms with Gasteiger partial charge in [-0.2, -0.15) is 0 Å². The summed E-state index contributed by atoms with van der Waals surface area (Å²) in [6.45, 7) is 1.43. The summed E-state index contributed by atoms with van der Waals surface area (Å²) in [4.78, 5) is 0. The third-order valence-electron chi connectivity index (χ3n) is 1.22. The van der Waals surface area contributed by atoms with Crippen LogP contribution in [0.25, 0.3) is 0 Å². The van der Waals surface area contributed by atoms with E-state index in [-0.39, 0.29) is 5.56 Å². The van der Waals surface area contributed by atoms with E-state index in [1.807, 2.05) is 0 Å². The average Bonchev–Trinajstić information content (AvgIpc) is 1.82. The predicted molar refractivity (Wildman–Crippen MR) is 32.8 cm³/mol. The smallest absolute Gasteiger partial charge is 0.167 e. The predicted octanol–water partition coefficient (Wildman–Crippen LogP) is 1.98. The number of hydrogen-bond donors (Lipinski definition) is 1. The van der Waals surface area contributed by atoms with Crippen LogP contribution in [0.15, 0.2) is 12.1 Å². The number of benzene rings is 1. The van der Waals surface area contributed by atoms with Crippen LogP contribution in [-0.4, -0.2) is 5.11 Å². The highest BCUT2D eigenvalue weighted by atomic mass is 19.1. The zero-order valence-electron chi connectivity index (χ0n) is 5.36. The molecule has 0 aliphatic rings. The van der Waals surface area contributed by atoms with Gasteiger partial charge in [-0.15, -0.1) is 0 Å². The van der Waals surface area contributed by atoms with Crippen molar-refractivity contribution >= 4 is 0 Å². The molecule has 0 spiro atoms. The zero-order valence-corrected chi connectivity index (χ0v) is 5.36. The number of phenolic OH excluding ortho intramolecular Hbond substituents is 1. The lowest BCUT2D eigenvalue weighted by Gasteiger charge is -1.98. The summed E-state index contributed by atoms with van der Waals surface area (Å²) in [5, 5.41) is 8.79. The van der Waals surface area contributed by atoms with Crippen molar-refractivity contribution in [1.29, 1.82) is 0 Å². The molecule has 0 aliphatic carbocycles. The van der Waals surface area contributed by atoms with Crippen LogP contribution in [0.1, 0.15) is 5.56 Å². The summed E-state index contributed by atoms with van der Waals surface area (Å²) >= 11 is 0. The van der Waals surface area contributed by atoms with Crippen molar-refractivity contribution in [3.8, 4) is 5.75 Å². The van der Waals surface area contributed by atoms with Gasteiger partial charge >= 0.3 is 0 Å². The van der Waals surface area contributed by atoms with Gasteiger partial charge in [0.05, 0.1) is 0 Å². The van der Waals surface area contributed by atoms with E-state index >= 15 is 0 Å². The molecule has 0 heterocycles. The molecule has 0 saturated carbocycles. The van der Waals surface area contributed by atoms with Crippen molar-refractivity contribution in [3.05, 3.63) is 29.3 Å². The Morgan fingerprint density at radius 2 is 1.90 bits per heavy atom. The lowest BCUT2D eigenvalue weighted by atomic mass is 10.2. The molecular formula is C7H6F2O. The van der Waals surface area contributed by atoms with Crippen molar-refractivity contribution in [3.63, 3.8) is 0 Å². The molecule has 0 atom stereocenters. The maximum absolute atomic E-state index is 12.4. The largest absolute Gasteiger partial charge is 0.505 e. The summed E-state index contributed by atoms with van der Waals surface area (Å²) in [6.07, 6.45) is 0. The van der Waals surface area contributed by atoms with Crippen molar-refractivity contribution in [1.82, 2.24) is 0 Å². The Balaban J connectivity index is 3.31. The highest BCUT2D eigenvalue weighted by molar-refractivity contribution is 5.32.